The number of nitro groups is 1. The fourth-order valence-corrected chi connectivity index (χ4v) is 2.07. The van der Waals surface area contributed by atoms with Crippen LogP contribution >= 0.6 is 0 Å². The smallest absolute Gasteiger partial charge is 0.272 e. The summed E-state index contributed by atoms with van der Waals surface area (Å²) in [6.45, 7) is 2.83. The quantitative estimate of drug-likeness (QED) is 0.596. The summed E-state index contributed by atoms with van der Waals surface area (Å²) >= 11 is 0. The molecule has 1 aromatic rings. The number of nitrogens with one attached hydrogen (secondary N) is 1. The van der Waals surface area contributed by atoms with Crippen molar-refractivity contribution in [3.8, 4) is 0 Å². The van der Waals surface area contributed by atoms with Crippen LogP contribution in [-0.4, -0.2) is 11.5 Å². The minimum Gasteiger partial charge on any atom is -0.310 e. The number of aryl methyl sites for hydroxylation is 1. The molecule has 1 aliphatic rings. The van der Waals surface area contributed by atoms with Gasteiger partial charge in [0.1, 0.15) is 0 Å². The van der Waals surface area contributed by atoms with Gasteiger partial charge in [-0.1, -0.05) is 6.07 Å². The van der Waals surface area contributed by atoms with Gasteiger partial charge in [0, 0.05) is 17.7 Å². The van der Waals surface area contributed by atoms with Gasteiger partial charge in [0.2, 0.25) is 0 Å². The van der Waals surface area contributed by atoms with E-state index in [1.165, 1.54) is 6.42 Å². The second kappa shape index (κ2) is 3.98. The average Bonchev–Trinajstić information content (AvgIpc) is 2.69. The highest BCUT2D eigenvalue weighted by molar-refractivity contribution is 5.42. The van der Waals surface area contributed by atoms with E-state index in [-0.39, 0.29) is 10.6 Å². The van der Waals surface area contributed by atoms with Crippen LogP contribution in [-0.2, 0) is 0 Å². The molecule has 0 aliphatic carbocycles. The van der Waals surface area contributed by atoms with Crippen molar-refractivity contribution in [1.82, 2.24) is 5.32 Å². The van der Waals surface area contributed by atoms with Gasteiger partial charge in [0.15, 0.2) is 0 Å². The SMILES string of the molecule is Cc1cc([C@@H]2CCCN2)ccc1[N+](=O)[O-]. The molecule has 4 heteroatoms. The molecule has 1 heterocycles. The Balaban J connectivity index is 2.28. The molecule has 1 aliphatic heterocycles. The van der Waals surface area contributed by atoms with E-state index in [4.69, 9.17) is 0 Å². The van der Waals surface area contributed by atoms with Gasteiger partial charge in [0.05, 0.1) is 4.92 Å². The first-order valence-electron chi connectivity index (χ1n) is 5.17. The average molecular weight is 206 g/mol. The summed E-state index contributed by atoms with van der Waals surface area (Å²) < 4.78 is 0. The number of nitro benzene ring substituents is 1. The van der Waals surface area contributed by atoms with Gasteiger partial charge in [-0.15, -0.1) is 0 Å². The van der Waals surface area contributed by atoms with Gasteiger partial charge in [0.25, 0.3) is 5.69 Å². The highest BCUT2D eigenvalue weighted by atomic mass is 16.6. The Labute approximate surface area is 88.5 Å². The highest BCUT2D eigenvalue weighted by Gasteiger charge is 2.18. The molecule has 80 valence electrons. The van der Waals surface area contributed by atoms with Crippen molar-refractivity contribution in [2.45, 2.75) is 25.8 Å². The van der Waals surface area contributed by atoms with E-state index in [0.29, 0.717) is 6.04 Å². The van der Waals surface area contributed by atoms with Crippen LogP contribution in [0.5, 0.6) is 0 Å². The number of nitrogens with zero attached hydrogens (tertiary/aromatic N) is 1. The standard InChI is InChI=1S/C11H14N2O2/c1-8-7-9(10-3-2-6-12-10)4-5-11(8)13(14)15/h4-5,7,10,12H,2-3,6H2,1H3/t10-/m0/s1. The lowest BCUT2D eigenvalue weighted by atomic mass is 10.0. The second-order valence-corrected chi connectivity index (χ2v) is 3.95. The summed E-state index contributed by atoms with van der Waals surface area (Å²) in [6, 6.07) is 5.75. The Hall–Kier alpha value is -1.42. The summed E-state index contributed by atoms with van der Waals surface area (Å²) in [4.78, 5) is 10.3. The Bertz CT molecular complexity index is 384. The minimum atomic E-state index is -0.332. The normalized spacial score (nSPS) is 20.5. The Morgan fingerprint density at radius 2 is 2.33 bits per heavy atom. The molecule has 0 unspecified atom stereocenters. The third-order valence-electron chi connectivity index (χ3n) is 2.88. The van der Waals surface area contributed by atoms with Gasteiger partial charge >= 0.3 is 0 Å². The van der Waals surface area contributed by atoms with Crippen molar-refractivity contribution in [3.05, 3.63) is 39.4 Å². The summed E-state index contributed by atoms with van der Waals surface area (Å²) in [5.41, 5.74) is 2.11. The van der Waals surface area contributed by atoms with Crippen molar-refractivity contribution in [3.63, 3.8) is 0 Å². The zero-order valence-electron chi connectivity index (χ0n) is 8.69. The minimum absolute atomic E-state index is 0.205. The van der Waals surface area contributed by atoms with Crippen LogP contribution in [0.2, 0.25) is 0 Å². The Kier molecular flexibility index (Phi) is 2.68. The number of rotatable bonds is 2. The Morgan fingerprint density at radius 3 is 2.87 bits per heavy atom. The van der Waals surface area contributed by atoms with Crippen LogP contribution < -0.4 is 5.32 Å². The van der Waals surface area contributed by atoms with Gasteiger partial charge in [-0.2, -0.15) is 0 Å². The molecule has 4 nitrogen and oxygen atoms in total. The maximum atomic E-state index is 10.6. The molecule has 15 heavy (non-hydrogen) atoms. The molecule has 0 radical (unpaired) electrons. The third-order valence-corrected chi connectivity index (χ3v) is 2.88. The summed E-state index contributed by atoms with van der Waals surface area (Å²) in [6.07, 6.45) is 2.30. The van der Waals surface area contributed by atoms with Crippen molar-refractivity contribution >= 4 is 5.69 Å². The monoisotopic (exact) mass is 206 g/mol. The van der Waals surface area contributed by atoms with Gasteiger partial charge in [-0.25, -0.2) is 0 Å². The van der Waals surface area contributed by atoms with Crippen LogP contribution in [0, 0.1) is 17.0 Å². The predicted molar refractivity (Wildman–Crippen MR) is 57.8 cm³/mol. The molecular weight excluding hydrogens is 192 g/mol. The molecule has 1 atom stereocenters. The zero-order valence-corrected chi connectivity index (χ0v) is 8.69. The zero-order chi connectivity index (χ0) is 10.8. The van der Waals surface area contributed by atoms with E-state index >= 15 is 0 Å². The van der Waals surface area contributed by atoms with Crippen molar-refractivity contribution in [2.24, 2.45) is 0 Å². The maximum absolute atomic E-state index is 10.6. The Morgan fingerprint density at radius 1 is 1.53 bits per heavy atom. The summed E-state index contributed by atoms with van der Waals surface area (Å²) in [5.74, 6) is 0. The van der Waals surface area contributed by atoms with E-state index in [1.807, 2.05) is 12.1 Å². The van der Waals surface area contributed by atoms with E-state index < -0.39 is 0 Å². The van der Waals surface area contributed by atoms with E-state index in [9.17, 15) is 10.1 Å². The first-order chi connectivity index (χ1) is 7.18. The fourth-order valence-electron chi connectivity index (χ4n) is 2.07. The number of benzene rings is 1. The molecular formula is C11H14N2O2. The van der Waals surface area contributed by atoms with Gasteiger partial charge in [-0.3, -0.25) is 10.1 Å². The lowest BCUT2D eigenvalue weighted by Crippen LogP contribution is -2.12. The lowest BCUT2D eigenvalue weighted by molar-refractivity contribution is -0.385. The van der Waals surface area contributed by atoms with Crippen LogP contribution in [0.4, 0.5) is 5.69 Å². The van der Waals surface area contributed by atoms with E-state index in [1.54, 1.807) is 13.0 Å². The van der Waals surface area contributed by atoms with Crippen molar-refractivity contribution in [2.75, 3.05) is 6.54 Å². The molecule has 0 amide bonds. The highest BCUT2D eigenvalue weighted by Crippen LogP contribution is 2.27. The number of hydrogen-bond donors (Lipinski definition) is 1. The largest absolute Gasteiger partial charge is 0.310 e. The summed E-state index contributed by atoms with van der Waals surface area (Å²) in [5, 5.41) is 14.0. The van der Waals surface area contributed by atoms with Crippen LogP contribution in [0.3, 0.4) is 0 Å². The molecule has 0 aromatic heterocycles. The first kappa shape index (κ1) is 10.1. The topological polar surface area (TPSA) is 55.2 Å². The van der Waals surface area contributed by atoms with Crippen molar-refractivity contribution < 1.29 is 4.92 Å². The van der Waals surface area contributed by atoms with Crippen LogP contribution in [0.25, 0.3) is 0 Å². The molecule has 2 rings (SSSR count). The fraction of sp³-hybridized carbons (Fsp3) is 0.455. The predicted octanol–water partition coefficient (Wildman–Crippen LogP) is 2.33. The second-order valence-electron chi connectivity index (χ2n) is 3.95. The molecule has 0 spiro atoms. The van der Waals surface area contributed by atoms with Crippen LogP contribution in [0.1, 0.15) is 30.0 Å². The van der Waals surface area contributed by atoms with Gasteiger partial charge in [-0.05, 0) is 37.9 Å². The molecule has 1 fully saturated rings. The first-order valence-corrected chi connectivity index (χ1v) is 5.17. The van der Waals surface area contributed by atoms with Crippen LogP contribution in [0.15, 0.2) is 18.2 Å². The van der Waals surface area contributed by atoms with Crippen molar-refractivity contribution in [1.29, 1.82) is 0 Å². The summed E-state index contributed by atoms with van der Waals surface area (Å²) in [7, 11) is 0. The van der Waals surface area contributed by atoms with Gasteiger partial charge < -0.3 is 5.32 Å². The molecule has 1 aromatic carbocycles. The third kappa shape index (κ3) is 1.99. The molecule has 1 saturated heterocycles. The number of hydrogen-bond acceptors (Lipinski definition) is 3. The molecule has 1 N–H and O–H groups in total. The van der Waals surface area contributed by atoms with E-state index in [0.717, 1.165) is 24.1 Å². The van der Waals surface area contributed by atoms with E-state index in [2.05, 4.69) is 5.32 Å². The molecule has 0 saturated carbocycles. The molecule has 0 bridgehead atoms. The maximum Gasteiger partial charge on any atom is 0.272 e. The lowest BCUT2D eigenvalue weighted by Gasteiger charge is -2.10.